The van der Waals surface area contributed by atoms with E-state index in [0.717, 1.165) is 49.1 Å². The Kier molecular flexibility index (Phi) is 7.57. The maximum Gasteiger partial charge on any atom is 0.255 e. The van der Waals surface area contributed by atoms with Crippen LogP contribution in [0.5, 0.6) is 17.2 Å². The van der Waals surface area contributed by atoms with Crippen molar-refractivity contribution in [2.24, 2.45) is 0 Å². The number of carbonyl (C=O) groups is 1. The summed E-state index contributed by atoms with van der Waals surface area (Å²) < 4.78 is 17.9. The molecule has 32 heavy (non-hydrogen) atoms. The normalized spacial score (nSPS) is 14.3. The zero-order valence-electron chi connectivity index (χ0n) is 18.0. The molecule has 1 N–H and O–H groups in total. The zero-order valence-corrected chi connectivity index (χ0v) is 19.6. The summed E-state index contributed by atoms with van der Waals surface area (Å²) in [6.07, 6.45) is 2.56. The first-order valence-electron chi connectivity index (χ1n) is 10.6. The van der Waals surface area contributed by atoms with E-state index in [2.05, 4.69) is 31.1 Å². The van der Waals surface area contributed by atoms with Crippen molar-refractivity contribution in [3.8, 4) is 17.2 Å². The molecule has 1 amide bonds. The van der Waals surface area contributed by atoms with Crippen molar-refractivity contribution < 1.29 is 19.0 Å². The van der Waals surface area contributed by atoms with Crippen LogP contribution in [0.15, 0.2) is 53.1 Å². The van der Waals surface area contributed by atoms with Crippen LogP contribution in [-0.4, -0.2) is 62.3 Å². The predicted octanol–water partition coefficient (Wildman–Crippen LogP) is 4.25. The molecular weight excluding hydrogens is 474 g/mol. The van der Waals surface area contributed by atoms with E-state index in [-0.39, 0.29) is 5.91 Å². The molecule has 0 radical (unpaired) electrons. The average molecular weight is 500 g/mol. The first-order valence-corrected chi connectivity index (χ1v) is 11.4. The second-order valence-corrected chi connectivity index (χ2v) is 8.41. The number of carbonyl (C=O) groups excluding carboxylic acids is 1. The number of hydrogen-bond donors (Lipinski definition) is 1. The van der Waals surface area contributed by atoms with Crippen LogP contribution in [0.3, 0.4) is 0 Å². The highest BCUT2D eigenvalue weighted by Crippen LogP contribution is 2.33. The fourth-order valence-corrected chi connectivity index (χ4v) is 3.90. The molecule has 7 nitrogen and oxygen atoms in total. The molecule has 168 valence electrons. The van der Waals surface area contributed by atoms with Gasteiger partial charge in [0.25, 0.3) is 5.91 Å². The molecule has 0 spiro atoms. The van der Waals surface area contributed by atoms with Crippen LogP contribution in [0.4, 0.5) is 0 Å². The molecule has 4 rings (SSSR count). The molecule has 0 saturated carbocycles. The number of nitrogens with zero attached hydrogens (tertiary/aromatic N) is 2. The third-order valence-corrected chi connectivity index (χ3v) is 5.88. The molecule has 1 aliphatic heterocycles. The van der Waals surface area contributed by atoms with Crippen molar-refractivity contribution in [3.63, 3.8) is 0 Å². The number of rotatable bonds is 8. The summed E-state index contributed by atoms with van der Waals surface area (Å²) >= 11 is 3.43. The average Bonchev–Trinajstić information content (AvgIpc) is 2.83. The number of amides is 1. The van der Waals surface area contributed by atoms with Gasteiger partial charge in [-0.25, -0.2) is 0 Å². The van der Waals surface area contributed by atoms with Gasteiger partial charge in [-0.1, -0.05) is 15.9 Å². The number of fused-ring (bicyclic) bond motifs is 1. The SMILES string of the molecule is COc1cc2nccc(Oc3ccc(Br)cc3)c2cc1C(=O)NCCCN1CCOCC1. The first kappa shape index (κ1) is 22.5. The number of aromatic nitrogens is 1. The van der Waals surface area contributed by atoms with E-state index in [1.54, 1.807) is 31.5 Å². The molecule has 0 atom stereocenters. The van der Waals surface area contributed by atoms with Crippen LogP contribution < -0.4 is 14.8 Å². The minimum absolute atomic E-state index is 0.177. The van der Waals surface area contributed by atoms with Gasteiger partial charge in [0.15, 0.2) is 0 Å². The third kappa shape index (κ3) is 5.56. The maximum absolute atomic E-state index is 12.9. The predicted molar refractivity (Wildman–Crippen MR) is 127 cm³/mol. The van der Waals surface area contributed by atoms with E-state index in [4.69, 9.17) is 14.2 Å². The summed E-state index contributed by atoms with van der Waals surface area (Å²) in [4.78, 5) is 19.7. The standard InChI is InChI=1S/C24H26BrN3O4/c1-30-23-16-21-19(22(7-9-26-21)32-18-5-3-17(25)4-6-18)15-20(23)24(29)27-8-2-10-28-11-13-31-14-12-28/h3-7,9,15-16H,2,8,10-14H2,1H3,(H,27,29). The summed E-state index contributed by atoms with van der Waals surface area (Å²) in [5, 5.41) is 3.76. The van der Waals surface area contributed by atoms with Crippen LogP contribution >= 0.6 is 15.9 Å². The molecule has 2 aromatic carbocycles. The maximum atomic E-state index is 12.9. The minimum Gasteiger partial charge on any atom is -0.496 e. The van der Waals surface area contributed by atoms with E-state index < -0.39 is 0 Å². The second kappa shape index (κ2) is 10.8. The Balaban J connectivity index is 1.49. The number of methoxy groups -OCH3 is 1. The van der Waals surface area contributed by atoms with Gasteiger partial charge >= 0.3 is 0 Å². The summed E-state index contributed by atoms with van der Waals surface area (Å²) in [6.45, 7) is 4.97. The Morgan fingerprint density at radius 1 is 1.16 bits per heavy atom. The van der Waals surface area contributed by atoms with Gasteiger partial charge in [-0.3, -0.25) is 14.7 Å². The van der Waals surface area contributed by atoms with Crippen molar-refractivity contribution in [3.05, 3.63) is 58.7 Å². The quantitative estimate of drug-likeness (QED) is 0.467. The lowest BCUT2D eigenvalue weighted by molar-refractivity contribution is 0.0374. The molecular formula is C24H26BrN3O4. The fourth-order valence-electron chi connectivity index (χ4n) is 3.64. The van der Waals surface area contributed by atoms with Crippen LogP contribution in [-0.2, 0) is 4.74 Å². The zero-order chi connectivity index (χ0) is 22.3. The lowest BCUT2D eigenvalue weighted by atomic mass is 10.1. The summed E-state index contributed by atoms with van der Waals surface area (Å²) in [7, 11) is 1.55. The number of morpholine rings is 1. The van der Waals surface area contributed by atoms with Crippen molar-refractivity contribution in [1.82, 2.24) is 15.2 Å². The van der Waals surface area contributed by atoms with Crippen molar-refractivity contribution in [1.29, 1.82) is 0 Å². The topological polar surface area (TPSA) is 72.9 Å². The van der Waals surface area contributed by atoms with Crippen LogP contribution in [0.25, 0.3) is 10.9 Å². The number of ether oxygens (including phenoxy) is 3. The van der Waals surface area contributed by atoms with Crippen LogP contribution in [0.1, 0.15) is 16.8 Å². The highest BCUT2D eigenvalue weighted by molar-refractivity contribution is 9.10. The molecule has 0 aliphatic carbocycles. The molecule has 0 bridgehead atoms. The van der Waals surface area contributed by atoms with Crippen molar-refractivity contribution >= 4 is 32.7 Å². The Morgan fingerprint density at radius 3 is 2.69 bits per heavy atom. The number of hydrogen-bond acceptors (Lipinski definition) is 6. The summed E-state index contributed by atoms with van der Waals surface area (Å²) in [6, 6.07) is 12.9. The van der Waals surface area contributed by atoms with Gasteiger partial charge in [-0.15, -0.1) is 0 Å². The highest BCUT2D eigenvalue weighted by Gasteiger charge is 2.17. The third-order valence-electron chi connectivity index (χ3n) is 5.35. The van der Waals surface area contributed by atoms with E-state index in [0.29, 0.717) is 34.9 Å². The van der Waals surface area contributed by atoms with E-state index in [9.17, 15) is 4.79 Å². The summed E-state index contributed by atoms with van der Waals surface area (Å²) in [5.41, 5.74) is 1.15. The molecule has 1 saturated heterocycles. The van der Waals surface area contributed by atoms with Crippen LogP contribution in [0, 0.1) is 0 Å². The summed E-state index contributed by atoms with van der Waals surface area (Å²) in [5.74, 6) is 1.63. The number of benzene rings is 2. The van der Waals surface area contributed by atoms with E-state index in [1.165, 1.54) is 0 Å². The fraction of sp³-hybridized carbons (Fsp3) is 0.333. The Morgan fingerprint density at radius 2 is 1.94 bits per heavy atom. The van der Waals surface area contributed by atoms with Gasteiger partial charge in [0.05, 0.1) is 31.4 Å². The van der Waals surface area contributed by atoms with Gasteiger partial charge in [0, 0.05) is 41.8 Å². The monoisotopic (exact) mass is 499 g/mol. The minimum atomic E-state index is -0.177. The molecule has 2 heterocycles. The lowest BCUT2D eigenvalue weighted by Crippen LogP contribution is -2.38. The van der Waals surface area contributed by atoms with Gasteiger partial charge < -0.3 is 19.5 Å². The second-order valence-electron chi connectivity index (χ2n) is 7.50. The number of nitrogens with one attached hydrogen (secondary N) is 1. The molecule has 1 aliphatic rings. The Bertz CT molecular complexity index is 1070. The van der Waals surface area contributed by atoms with E-state index >= 15 is 0 Å². The highest BCUT2D eigenvalue weighted by atomic mass is 79.9. The Labute approximate surface area is 195 Å². The molecule has 1 fully saturated rings. The molecule has 3 aromatic rings. The van der Waals surface area contributed by atoms with Gasteiger partial charge in [0.1, 0.15) is 17.2 Å². The molecule has 8 heteroatoms. The smallest absolute Gasteiger partial charge is 0.255 e. The molecule has 0 unspecified atom stereocenters. The van der Waals surface area contributed by atoms with Crippen molar-refractivity contribution in [2.75, 3.05) is 46.5 Å². The lowest BCUT2D eigenvalue weighted by Gasteiger charge is -2.26. The Hall–Kier alpha value is -2.68. The first-order chi connectivity index (χ1) is 15.6. The van der Waals surface area contributed by atoms with E-state index in [1.807, 2.05) is 24.3 Å². The van der Waals surface area contributed by atoms with Gasteiger partial charge in [0.2, 0.25) is 0 Å². The largest absolute Gasteiger partial charge is 0.496 e. The van der Waals surface area contributed by atoms with Gasteiger partial charge in [-0.05, 0) is 49.4 Å². The van der Waals surface area contributed by atoms with Crippen molar-refractivity contribution in [2.45, 2.75) is 6.42 Å². The van der Waals surface area contributed by atoms with Gasteiger partial charge in [-0.2, -0.15) is 0 Å². The number of pyridine rings is 1. The molecule has 1 aromatic heterocycles. The van der Waals surface area contributed by atoms with Crippen LogP contribution in [0.2, 0.25) is 0 Å². The number of halogens is 1.